The van der Waals surface area contributed by atoms with Crippen molar-refractivity contribution in [3.63, 3.8) is 0 Å². The van der Waals surface area contributed by atoms with Crippen LogP contribution in [0, 0.1) is 0 Å². The van der Waals surface area contributed by atoms with Gasteiger partial charge in [0.15, 0.2) is 5.13 Å². The summed E-state index contributed by atoms with van der Waals surface area (Å²) in [6.07, 6.45) is 0.712. The number of nitrogens with one attached hydrogen (secondary N) is 1. The van der Waals surface area contributed by atoms with Crippen LogP contribution in [0.3, 0.4) is 0 Å². The number of hydrogen-bond acceptors (Lipinski definition) is 10. The van der Waals surface area contributed by atoms with Gasteiger partial charge in [0.1, 0.15) is 18.8 Å². The van der Waals surface area contributed by atoms with Crippen molar-refractivity contribution in [2.45, 2.75) is 24.9 Å². The summed E-state index contributed by atoms with van der Waals surface area (Å²) in [5.41, 5.74) is 5.30. The first-order valence-electron chi connectivity index (χ1n) is 7.79. The minimum absolute atomic E-state index is 0.0437. The summed E-state index contributed by atoms with van der Waals surface area (Å²) >= 11 is 0.870. The lowest BCUT2D eigenvalue weighted by molar-refractivity contribution is -0.155. The normalized spacial score (nSPS) is 22.2. The molecule has 2 unspecified atom stereocenters. The van der Waals surface area contributed by atoms with Crippen LogP contribution in [0.15, 0.2) is 16.4 Å². The molecule has 27 heavy (non-hydrogen) atoms. The maximum Gasteiger partial charge on any atom is 0.352 e. The van der Waals surface area contributed by atoms with Gasteiger partial charge in [0.2, 0.25) is 11.5 Å². The summed E-state index contributed by atoms with van der Waals surface area (Å²) in [7, 11) is 1.24. The molecule has 0 bridgehead atoms. The van der Waals surface area contributed by atoms with Gasteiger partial charge < -0.3 is 26.1 Å². The summed E-state index contributed by atoms with van der Waals surface area (Å²) in [5.74, 6) is -2.68. The van der Waals surface area contributed by atoms with Gasteiger partial charge in [-0.15, -0.1) is 0 Å². The first kappa shape index (κ1) is 18.7. The second-order valence-corrected chi connectivity index (χ2v) is 6.54. The molecule has 1 fully saturated rings. The van der Waals surface area contributed by atoms with E-state index in [-0.39, 0.29) is 27.9 Å². The van der Waals surface area contributed by atoms with Crippen LogP contribution >= 0.6 is 11.5 Å². The highest BCUT2D eigenvalue weighted by Gasteiger charge is 2.53. The van der Waals surface area contributed by atoms with Gasteiger partial charge in [-0.25, -0.2) is 4.79 Å². The van der Waals surface area contributed by atoms with Gasteiger partial charge in [0.25, 0.3) is 11.8 Å². The van der Waals surface area contributed by atoms with Gasteiger partial charge in [-0.2, -0.15) is 9.36 Å². The van der Waals surface area contributed by atoms with Crippen LogP contribution in [-0.4, -0.2) is 73.8 Å². The zero-order valence-electron chi connectivity index (χ0n) is 14.1. The highest BCUT2D eigenvalue weighted by molar-refractivity contribution is 7.09. The molecule has 1 aromatic heterocycles. The molecule has 0 saturated carbocycles. The Kier molecular flexibility index (Phi) is 5.05. The Labute approximate surface area is 156 Å². The van der Waals surface area contributed by atoms with Crippen molar-refractivity contribution in [1.29, 1.82) is 0 Å². The summed E-state index contributed by atoms with van der Waals surface area (Å²) in [4.78, 5) is 46.0. The number of fused-ring (bicyclic) bond motifs is 1. The number of amides is 2. The lowest BCUT2D eigenvalue weighted by Crippen LogP contribution is -2.72. The van der Waals surface area contributed by atoms with Crippen molar-refractivity contribution in [3.8, 4) is 0 Å². The first-order valence-corrected chi connectivity index (χ1v) is 8.57. The Hall–Kier alpha value is -3.06. The number of anilines is 1. The Morgan fingerprint density at radius 3 is 2.81 bits per heavy atom. The number of oxime groups is 1. The molecule has 2 atom stereocenters. The van der Waals surface area contributed by atoms with E-state index in [1.54, 1.807) is 0 Å². The van der Waals surface area contributed by atoms with E-state index in [1.807, 2.05) is 0 Å². The number of rotatable bonds is 6. The van der Waals surface area contributed by atoms with Crippen molar-refractivity contribution >= 4 is 40.2 Å². The number of nitrogen functional groups attached to an aromatic ring is 1. The molecular weight excluding hydrogens is 380 g/mol. The number of β-lactam (4-membered cyclic amide) rings is 1. The van der Waals surface area contributed by atoms with E-state index in [0.29, 0.717) is 12.8 Å². The number of aliphatic hydroxyl groups excluding tert-OH is 1. The van der Waals surface area contributed by atoms with E-state index < -0.39 is 36.5 Å². The number of nitrogens with two attached hydrogens (primary N) is 1. The van der Waals surface area contributed by atoms with Crippen molar-refractivity contribution < 1.29 is 29.4 Å². The Morgan fingerprint density at radius 1 is 1.52 bits per heavy atom. The van der Waals surface area contributed by atoms with E-state index in [2.05, 4.69) is 24.7 Å². The summed E-state index contributed by atoms with van der Waals surface area (Å²) in [5, 5.41) is 24.9. The van der Waals surface area contributed by atoms with E-state index >= 15 is 0 Å². The average Bonchev–Trinajstić information content (AvgIpc) is 3.08. The first-order chi connectivity index (χ1) is 12.9. The Bertz CT molecular complexity index is 864. The fourth-order valence-electron chi connectivity index (χ4n) is 3.11. The van der Waals surface area contributed by atoms with Gasteiger partial charge in [0, 0.05) is 11.5 Å². The maximum atomic E-state index is 12.5. The monoisotopic (exact) mass is 396 g/mol. The average molecular weight is 396 g/mol. The SMILES string of the molecule is CO/N=C(/C(=O)NC1C(=O)N2C(C(=O)O)=C(CO)CCC12)c1nsc(N)n1. The zero-order chi connectivity index (χ0) is 19.7. The lowest BCUT2D eigenvalue weighted by Gasteiger charge is -2.50. The molecule has 2 aliphatic heterocycles. The van der Waals surface area contributed by atoms with Crippen molar-refractivity contribution in [2.75, 3.05) is 19.5 Å². The van der Waals surface area contributed by atoms with Crippen molar-refractivity contribution in [2.24, 2.45) is 5.16 Å². The standard InChI is InChI=1S/C14H16N6O6S/c1-26-18-8(10-17-14(15)27-19-10)11(22)16-7-6-3-2-5(4-21)9(13(24)25)20(6)12(7)23/h6-7,21H,2-4H2,1H3,(H,16,22)(H,24,25)(H2,15,17,19)/b18-8+. The number of aromatic nitrogens is 2. The van der Waals surface area contributed by atoms with Gasteiger partial charge in [-0.3, -0.25) is 14.5 Å². The fraction of sp³-hybridized carbons (Fsp3) is 0.429. The molecular formula is C14H16N6O6S. The number of nitrogens with zero attached hydrogens (tertiary/aromatic N) is 4. The molecule has 0 aromatic carbocycles. The molecule has 0 aliphatic carbocycles. The van der Waals surface area contributed by atoms with Gasteiger partial charge in [-0.05, 0) is 18.4 Å². The van der Waals surface area contributed by atoms with Crippen molar-refractivity contribution in [3.05, 3.63) is 17.1 Å². The number of aliphatic hydroxyl groups is 1. The van der Waals surface area contributed by atoms with Crippen LogP contribution in [0.4, 0.5) is 5.13 Å². The minimum Gasteiger partial charge on any atom is -0.477 e. The molecule has 2 amide bonds. The van der Waals surface area contributed by atoms with E-state index in [1.165, 1.54) is 7.11 Å². The molecule has 3 rings (SSSR count). The zero-order valence-corrected chi connectivity index (χ0v) is 14.9. The van der Waals surface area contributed by atoms with Crippen molar-refractivity contribution in [1.82, 2.24) is 19.6 Å². The molecule has 144 valence electrons. The summed E-state index contributed by atoms with van der Waals surface area (Å²) < 4.78 is 3.89. The van der Waals surface area contributed by atoms with Gasteiger partial charge in [0.05, 0.1) is 12.6 Å². The predicted molar refractivity (Wildman–Crippen MR) is 91.4 cm³/mol. The molecule has 13 heteroatoms. The second kappa shape index (κ2) is 7.28. The minimum atomic E-state index is -1.30. The highest BCUT2D eigenvalue weighted by Crippen LogP contribution is 2.36. The van der Waals surface area contributed by atoms with Gasteiger partial charge >= 0.3 is 5.97 Å². The molecule has 0 radical (unpaired) electrons. The molecule has 1 aromatic rings. The Balaban J connectivity index is 1.79. The second-order valence-electron chi connectivity index (χ2n) is 5.76. The molecule has 1 saturated heterocycles. The number of carboxylic acid groups (broad SMARTS) is 1. The number of hydrogen-bond donors (Lipinski definition) is 4. The Morgan fingerprint density at radius 2 is 2.26 bits per heavy atom. The largest absolute Gasteiger partial charge is 0.477 e. The van der Waals surface area contributed by atoms with Crippen LogP contribution in [-0.2, 0) is 19.2 Å². The summed E-state index contributed by atoms with van der Waals surface area (Å²) in [6.45, 7) is -0.448. The van der Waals surface area contributed by atoms with Crippen LogP contribution in [0.2, 0.25) is 0 Å². The van der Waals surface area contributed by atoms with E-state index in [0.717, 1.165) is 16.4 Å². The van der Waals surface area contributed by atoms with Crippen LogP contribution < -0.4 is 11.1 Å². The number of carbonyl (C=O) groups is 3. The van der Waals surface area contributed by atoms with Crippen LogP contribution in [0.25, 0.3) is 0 Å². The third-order valence-electron chi connectivity index (χ3n) is 4.27. The van der Waals surface area contributed by atoms with E-state index in [4.69, 9.17) is 5.73 Å². The summed E-state index contributed by atoms with van der Waals surface area (Å²) in [6, 6.07) is -1.45. The quantitative estimate of drug-likeness (QED) is 0.247. The highest BCUT2D eigenvalue weighted by atomic mass is 32.1. The topological polar surface area (TPSA) is 180 Å². The third-order valence-corrected chi connectivity index (χ3v) is 4.81. The molecule has 3 heterocycles. The van der Waals surface area contributed by atoms with Crippen LogP contribution in [0.5, 0.6) is 0 Å². The fourth-order valence-corrected chi connectivity index (χ4v) is 3.54. The molecule has 5 N–H and O–H groups in total. The number of carbonyl (C=O) groups excluding carboxylic acids is 2. The predicted octanol–water partition coefficient (Wildman–Crippen LogP) is -1.71. The molecule has 0 spiro atoms. The van der Waals surface area contributed by atoms with E-state index in [9.17, 15) is 24.6 Å². The smallest absolute Gasteiger partial charge is 0.352 e. The molecule has 12 nitrogen and oxygen atoms in total. The lowest BCUT2D eigenvalue weighted by atomic mass is 9.83. The van der Waals surface area contributed by atoms with Crippen LogP contribution in [0.1, 0.15) is 18.7 Å². The molecule has 2 aliphatic rings. The number of carboxylic acids is 1. The number of aliphatic carboxylic acids is 1. The third kappa shape index (κ3) is 3.21. The maximum absolute atomic E-state index is 12.5. The van der Waals surface area contributed by atoms with Gasteiger partial charge in [-0.1, -0.05) is 5.16 Å².